The Hall–Kier alpha value is -1.81. The van der Waals surface area contributed by atoms with Gasteiger partial charge in [0.1, 0.15) is 6.61 Å². The molecule has 0 fully saturated rings. The van der Waals surface area contributed by atoms with Crippen LogP contribution >= 0.6 is 0 Å². The van der Waals surface area contributed by atoms with E-state index in [4.69, 9.17) is 4.74 Å². The fraction of sp³-hybridized carbons (Fsp3) is 0.182. The van der Waals surface area contributed by atoms with Gasteiger partial charge in [0.15, 0.2) is 17.3 Å². The van der Waals surface area contributed by atoms with Crippen LogP contribution in [0.1, 0.15) is 5.56 Å². The number of rotatable bonds is 4. The highest BCUT2D eigenvalue weighted by Gasteiger charge is 2.00. The van der Waals surface area contributed by atoms with Crippen LogP contribution in [0.15, 0.2) is 24.3 Å². The molecule has 1 aromatic carbocycles. The van der Waals surface area contributed by atoms with E-state index in [1.807, 2.05) is 0 Å². The normalized spacial score (nSPS) is 10.5. The fourth-order valence-corrected chi connectivity index (χ4v) is 1.04. The van der Waals surface area contributed by atoms with Crippen molar-refractivity contribution in [1.82, 2.24) is 0 Å². The van der Waals surface area contributed by atoms with Crippen LogP contribution in [0.25, 0.3) is 6.08 Å². The maximum atomic E-state index is 10.7. The number of hydrogen-bond acceptors (Lipinski definition) is 3. The third-order valence-corrected chi connectivity index (χ3v) is 1.81. The summed E-state index contributed by atoms with van der Waals surface area (Å²) in [7, 11) is 1.44. The Kier molecular flexibility index (Phi) is 3.88. The molecule has 0 atom stereocenters. The van der Waals surface area contributed by atoms with Gasteiger partial charge < -0.3 is 9.84 Å². The second-order valence-corrected chi connectivity index (χ2v) is 2.88. The highest BCUT2D eigenvalue weighted by atomic mass is 16.5. The van der Waals surface area contributed by atoms with Gasteiger partial charge in [0.25, 0.3) is 0 Å². The molecular formula is C11H11O4. The van der Waals surface area contributed by atoms with E-state index in [1.54, 1.807) is 12.1 Å². The zero-order valence-electron chi connectivity index (χ0n) is 8.27. The smallest absolute Gasteiger partial charge is 0.184 e. The average Bonchev–Trinajstić information content (AvgIpc) is 2.27. The van der Waals surface area contributed by atoms with E-state index in [1.165, 1.54) is 25.3 Å². The van der Waals surface area contributed by atoms with Crippen molar-refractivity contribution in [2.24, 2.45) is 0 Å². The summed E-state index contributed by atoms with van der Waals surface area (Å²) in [5.74, 6) is -0.126. The zero-order chi connectivity index (χ0) is 11.3. The monoisotopic (exact) mass is 207 g/mol. The Balaban J connectivity index is 2.87. The molecular weight excluding hydrogens is 196 g/mol. The van der Waals surface area contributed by atoms with E-state index < -0.39 is 12.4 Å². The SMILES string of the molecule is COc1cc(/C=C/C(=O)C[O])ccc1O. The number of carbonyl (C=O) groups is 1. The Morgan fingerprint density at radius 3 is 2.87 bits per heavy atom. The molecule has 1 aromatic rings. The van der Waals surface area contributed by atoms with Gasteiger partial charge in [-0.2, -0.15) is 0 Å². The number of benzene rings is 1. The first-order valence-electron chi connectivity index (χ1n) is 4.33. The van der Waals surface area contributed by atoms with E-state index in [0.29, 0.717) is 11.3 Å². The number of hydrogen-bond donors (Lipinski definition) is 1. The number of carbonyl (C=O) groups excluding carboxylic acids is 1. The van der Waals surface area contributed by atoms with Crippen LogP contribution in [0.5, 0.6) is 11.5 Å². The summed E-state index contributed by atoms with van der Waals surface area (Å²) in [4.78, 5) is 10.7. The van der Waals surface area contributed by atoms with Crippen LogP contribution < -0.4 is 4.74 Å². The minimum Gasteiger partial charge on any atom is -0.504 e. The summed E-state index contributed by atoms with van der Waals surface area (Å²) in [5.41, 5.74) is 0.687. The molecule has 4 nitrogen and oxygen atoms in total. The summed E-state index contributed by atoms with van der Waals surface area (Å²) < 4.78 is 4.89. The van der Waals surface area contributed by atoms with E-state index >= 15 is 0 Å². The molecule has 15 heavy (non-hydrogen) atoms. The Morgan fingerprint density at radius 1 is 1.53 bits per heavy atom. The first-order valence-corrected chi connectivity index (χ1v) is 4.33. The van der Waals surface area contributed by atoms with Crippen molar-refractivity contribution < 1.29 is 19.7 Å². The predicted molar refractivity (Wildman–Crippen MR) is 54.3 cm³/mol. The van der Waals surface area contributed by atoms with Gasteiger partial charge in [-0.25, -0.2) is 5.11 Å². The molecule has 1 rings (SSSR count). The number of aromatic hydroxyl groups is 1. The standard InChI is InChI=1S/C11H11O4/c1-15-11-6-8(3-5-10(11)14)2-4-9(13)7-12/h2-6,14H,7H2,1H3/b4-2+. The Morgan fingerprint density at radius 2 is 2.27 bits per heavy atom. The van der Waals surface area contributed by atoms with Crippen molar-refractivity contribution in [3.05, 3.63) is 29.8 Å². The summed E-state index contributed by atoms with van der Waals surface area (Å²) >= 11 is 0. The van der Waals surface area contributed by atoms with Crippen LogP contribution in [-0.2, 0) is 9.90 Å². The van der Waals surface area contributed by atoms with Crippen LogP contribution in [0, 0.1) is 0 Å². The highest BCUT2D eigenvalue weighted by molar-refractivity contribution is 5.94. The number of phenolic OH excluding ortho intramolecular Hbond substituents is 1. The molecule has 0 aromatic heterocycles. The summed E-state index contributed by atoms with van der Waals surface area (Å²) in [6.07, 6.45) is 2.71. The molecule has 0 amide bonds. The van der Waals surface area contributed by atoms with Gasteiger partial charge in [-0.3, -0.25) is 4.79 Å². The third-order valence-electron chi connectivity index (χ3n) is 1.81. The average molecular weight is 207 g/mol. The molecule has 0 aliphatic heterocycles. The topological polar surface area (TPSA) is 66.4 Å². The fourth-order valence-electron chi connectivity index (χ4n) is 1.04. The Bertz CT molecular complexity index is 382. The molecule has 0 aliphatic rings. The molecule has 0 saturated heterocycles. The maximum absolute atomic E-state index is 10.7. The summed E-state index contributed by atoms with van der Waals surface area (Å²) in [6, 6.07) is 4.65. The summed E-state index contributed by atoms with van der Waals surface area (Å²) in [5, 5.41) is 19.5. The van der Waals surface area contributed by atoms with E-state index in [0.717, 1.165) is 0 Å². The lowest BCUT2D eigenvalue weighted by atomic mass is 10.2. The van der Waals surface area contributed by atoms with Crippen molar-refractivity contribution in [1.29, 1.82) is 0 Å². The van der Waals surface area contributed by atoms with Crippen molar-refractivity contribution in [3.63, 3.8) is 0 Å². The third kappa shape index (κ3) is 3.11. The van der Waals surface area contributed by atoms with Gasteiger partial charge in [0, 0.05) is 0 Å². The van der Waals surface area contributed by atoms with Crippen LogP contribution in [0.3, 0.4) is 0 Å². The van der Waals surface area contributed by atoms with Gasteiger partial charge in [-0.1, -0.05) is 12.1 Å². The molecule has 4 heteroatoms. The van der Waals surface area contributed by atoms with Crippen molar-refractivity contribution in [3.8, 4) is 11.5 Å². The minimum atomic E-state index is -0.758. The molecule has 0 unspecified atom stereocenters. The van der Waals surface area contributed by atoms with Gasteiger partial charge in [0.2, 0.25) is 0 Å². The first kappa shape index (κ1) is 11.3. The molecule has 1 radical (unpaired) electrons. The molecule has 0 heterocycles. The minimum absolute atomic E-state index is 0.0322. The van der Waals surface area contributed by atoms with Gasteiger partial charge in [-0.15, -0.1) is 0 Å². The second kappa shape index (κ2) is 5.17. The van der Waals surface area contributed by atoms with Crippen molar-refractivity contribution >= 4 is 11.9 Å². The summed E-state index contributed by atoms with van der Waals surface area (Å²) in [6.45, 7) is -0.758. The lowest BCUT2D eigenvalue weighted by Gasteiger charge is -2.03. The molecule has 79 valence electrons. The van der Waals surface area contributed by atoms with Crippen LogP contribution in [-0.4, -0.2) is 24.6 Å². The highest BCUT2D eigenvalue weighted by Crippen LogP contribution is 2.26. The largest absolute Gasteiger partial charge is 0.504 e. The van der Waals surface area contributed by atoms with E-state index in [-0.39, 0.29) is 5.75 Å². The molecule has 1 N–H and O–H groups in total. The van der Waals surface area contributed by atoms with Gasteiger partial charge in [0.05, 0.1) is 7.11 Å². The molecule has 0 saturated carbocycles. The first-order chi connectivity index (χ1) is 7.17. The van der Waals surface area contributed by atoms with Gasteiger partial charge in [-0.05, 0) is 23.8 Å². The second-order valence-electron chi connectivity index (χ2n) is 2.88. The van der Waals surface area contributed by atoms with Crippen LogP contribution in [0.2, 0.25) is 0 Å². The number of phenols is 1. The number of methoxy groups -OCH3 is 1. The molecule has 0 aliphatic carbocycles. The van der Waals surface area contributed by atoms with E-state index in [9.17, 15) is 15.0 Å². The lowest BCUT2D eigenvalue weighted by molar-refractivity contribution is -0.118. The lowest BCUT2D eigenvalue weighted by Crippen LogP contribution is -1.95. The van der Waals surface area contributed by atoms with E-state index in [2.05, 4.69) is 0 Å². The molecule has 0 spiro atoms. The molecule has 0 bridgehead atoms. The maximum Gasteiger partial charge on any atom is 0.184 e. The predicted octanol–water partition coefficient (Wildman–Crippen LogP) is 1.41. The van der Waals surface area contributed by atoms with Crippen molar-refractivity contribution in [2.45, 2.75) is 0 Å². The number of ether oxygens (including phenoxy) is 1. The zero-order valence-corrected chi connectivity index (χ0v) is 8.27. The Labute approximate surface area is 87.4 Å². The number of ketones is 1. The van der Waals surface area contributed by atoms with Crippen LogP contribution in [0.4, 0.5) is 0 Å². The quantitative estimate of drug-likeness (QED) is 0.759. The van der Waals surface area contributed by atoms with Crippen molar-refractivity contribution in [2.75, 3.05) is 13.7 Å². The van der Waals surface area contributed by atoms with Gasteiger partial charge >= 0.3 is 0 Å².